The van der Waals surface area contributed by atoms with Crippen molar-refractivity contribution in [1.82, 2.24) is 0 Å². The molecule has 0 spiro atoms. The van der Waals surface area contributed by atoms with E-state index in [1.54, 1.807) is 14.0 Å². The molecule has 0 fully saturated rings. The van der Waals surface area contributed by atoms with Crippen molar-refractivity contribution in [3.63, 3.8) is 0 Å². The highest BCUT2D eigenvalue weighted by atomic mass is 32.1. The van der Waals surface area contributed by atoms with Gasteiger partial charge in [0.1, 0.15) is 16.3 Å². The minimum absolute atomic E-state index is 0.0588. The van der Waals surface area contributed by atoms with Crippen LogP contribution in [-0.4, -0.2) is 37.2 Å². The van der Waals surface area contributed by atoms with Gasteiger partial charge < -0.3 is 19.9 Å². The molecule has 1 aromatic carbocycles. The Hall–Kier alpha value is -2.87. The Morgan fingerprint density at radius 3 is 2.62 bits per heavy atom. The summed E-state index contributed by atoms with van der Waals surface area (Å²) in [6.45, 7) is 1.71. The van der Waals surface area contributed by atoms with Gasteiger partial charge in [-0.2, -0.15) is 0 Å². The Labute approximate surface area is 172 Å². The molecule has 1 heterocycles. The number of ether oxygens (including phenoxy) is 2. The lowest BCUT2D eigenvalue weighted by molar-refractivity contribution is -0.138. The van der Waals surface area contributed by atoms with Crippen LogP contribution in [0.4, 0.5) is 5.00 Å². The third kappa shape index (κ3) is 4.42. The van der Waals surface area contributed by atoms with Gasteiger partial charge in [0.2, 0.25) is 5.91 Å². The number of amides is 1. The first-order valence-corrected chi connectivity index (χ1v) is 10.1. The maximum atomic E-state index is 12.6. The number of thiophene rings is 1. The minimum Gasteiger partial charge on any atom is -0.497 e. The lowest BCUT2D eigenvalue weighted by Crippen LogP contribution is -2.18. The van der Waals surface area contributed by atoms with Crippen molar-refractivity contribution in [1.29, 1.82) is 0 Å². The van der Waals surface area contributed by atoms with E-state index in [0.29, 0.717) is 10.6 Å². The van der Waals surface area contributed by atoms with E-state index in [1.807, 2.05) is 18.2 Å². The molecule has 0 bridgehead atoms. The van der Waals surface area contributed by atoms with Gasteiger partial charge in [-0.15, -0.1) is 11.3 Å². The van der Waals surface area contributed by atoms with Crippen molar-refractivity contribution < 1.29 is 29.0 Å². The van der Waals surface area contributed by atoms with Gasteiger partial charge in [-0.3, -0.25) is 9.59 Å². The number of anilines is 1. The van der Waals surface area contributed by atoms with Crippen LogP contribution in [0.25, 0.3) is 11.1 Å². The third-order valence-electron chi connectivity index (χ3n) is 4.88. The third-order valence-corrected chi connectivity index (χ3v) is 6.05. The zero-order valence-electron chi connectivity index (χ0n) is 16.5. The number of carboxylic acids is 1. The van der Waals surface area contributed by atoms with Gasteiger partial charge in [0.05, 0.1) is 14.2 Å². The van der Waals surface area contributed by atoms with Gasteiger partial charge in [-0.05, 0) is 42.0 Å². The van der Waals surface area contributed by atoms with Crippen LogP contribution >= 0.6 is 11.3 Å². The van der Waals surface area contributed by atoms with Gasteiger partial charge in [-0.1, -0.05) is 13.0 Å². The maximum absolute atomic E-state index is 12.6. The zero-order chi connectivity index (χ0) is 21.1. The van der Waals surface area contributed by atoms with Crippen LogP contribution < -0.4 is 10.1 Å². The highest BCUT2D eigenvalue weighted by Gasteiger charge is 2.30. The van der Waals surface area contributed by atoms with Gasteiger partial charge in [-0.25, -0.2) is 4.79 Å². The molecule has 0 saturated carbocycles. The molecule has 7 nitrogen and oxygen atoms in total. The van der Waals surface area contributed by atoms with Crippen LogP contribution in [0.2, 0.25) is 0 Å². The predicted octanol–water partition coefficient (Wildman–Crippen LogP) is 3.75. The molecule has 8 heteroatoms. The van der Waals surface area contributed by atoms with E-state index in [0.717, 1.165) is 40.2 Å². The van der Waals surface area contributed by atoms with Crippen LogP contribution in [0.3, 0.4) is 0 Å². The second-order valence-corrected chi connectivity index (χ2v) is 8.18. The smallest absolute Gasteiger partial charge is 0.341 e. The van der Waals surface area contributed by atoms with Crippen molar-refractivity contribution in [3.8, 4) is 16.9 Å². The van der Waals surface area contributed by atoms with E-state index >= 15 is 0 Å². The molecular formula is C21H23NO6S. The van der Waals surface area contributed by atoms with Gasteiger partial charge in [0.25, 0.3) is 0 Å². The molecule has 1 aromatic heterocycles. The largest absolute Gasteiger partial charge is 0.497 e. The molecule has 3 rings (SSSR count). The van der Waals surface area contributed by atoms with Crippen molar-refractivity contribution >= 4 is 34.2 Å². The normalized spacial score (nSPS) is 13.1. The van der Waals surface area contributed by atoms with Crippen LogP contribution in [0, 0.1) is 5.92 Å². The molecule has 1 amide bonds. The average Bonchev–Trinajstić information content (AvgIpc) is 3.04. The number of aliphatic carboxylic acids is 1. The van der Waals surface area contributed by atoms with Gasteiger partial charge in [0.15, 0.2) is 0 Å². The first-order valence-electron chi connectivity index (χ1n) is 9.27. The molecule has 0 unspecified atom stereocenters. The summed E-state index contributed by atoms with van der Waals surface area (Å²) in [5, 5.41) is 12.1. The van der Waals surface area contributed by atoms with E-state index < -0.39 is 11.9 Å². The monoisotopic (exact) mass is 417 g/mol. The first-order chi connectivity index (χ1) is 13.8. The Bertz CT molecular complexity index is 964. The Morgan fingerprint density at radius 1 is 1.21 bits per heavy atom. The van der Waals surface area contributed by atoms with E-state index in [9.17, 15) is 14.4 Å². The number of hydrogen-bond acceptors (Lipinski definition) is 6. The Balaban J connectivity index is 1.96. The highest BCUT2D eigenvalue weighted by molar-refractivity contribution is 7.17. The summed E-state index contributed by atoms with van der Waals surface area (Å²) in [7, 11) is 2.92. The fourth-order valence-electron chi connectivity index (χ4n) is 3.58. The van der Waals surface area contributed by atoms with Gasteiger partial charge in [0, 0.05) is 23.3 Å². The number of esters is 1. The maximum Gasteiger partial charge on any atom is 0.341 e. The minimum atomic E-state index is -0.945. The molecular weight excluding hydrogens is 394 g/mol. The number of carbonyl (C=O) groups excluding carboxylic acids is 2. The number of benzene rings is 1. The second kappa shape index (κ2) is 8.65. The standard InChI is InChI=1S/C21H23NO6S/c1-11(9-17(24)25)8-16(23)22-20-19(21(26)28-3)18-14-6-5-13(27-2)10-12(14)4-7-15(18)29-20/h5-6,10-11H,4,7-9H2,1-3H3,(H,22,23)(H,24,25)/t11-/m1/s1. The van der Waals surface area contributed by atoms with E-state index in [1.165, 1.54) is 18.4 Å². The predicted molar refractivity (Wildman–Crippen MR) is 110 cm³/mol. The summed E-state index contributed by atoms with van der Waals surface area (Å²) in [6, 6.07) is 5.73. The van der Waals surface area contributed by atoms with Crippen LogP contribution in [-0.2, 0) is 27.2 Å². The van der Waals surface area contributed by atoms with Crippen molar-refractivity contribution in [2.45, 2.75) is 32.6 Å². The SMILES string of the molecule is COC(=O)c1c(NC(=O)C[C@@H](C)CC(=O)O)sc2c1-c1ccc(OC)cc1CC2. The molecule has 1 atom stereocenters. The Kier molecular flexibility index (Phi) is 6.22. The topological polar surface area (TPSA) is 102 Å². The number of fused-ring (bicyclic) bond motifs is 3. The van der Waals surface area contributed by atoms with Crippen molar-refractivity contribution in [3.05, 3.63) is 34.2 Å². The summed E-state index contributed by atoms with van der Waals surface area (Å²) < 4.78 is 10.3. The number of aryl methyl sites for hydroxylation is 2. The van der Waals surface area contributed by atoms with E-state index in [-0.39, 0.29) is 24.7 Å². The van der Waals surface area contributed by atoms with Crippen molar-refractivity contribution in [2.75, 3.05) is 19.5 Å². The van der Waals surface area contributed by atoms with E-state index in [4.69, 9.17) is 14.6 Å². The number of carboxylic acid groups (broad SMARTS) is 1. The fraction of sp³-hybridized carbons (Fsp3) is 0.381. The zero-order valence-corrected chi connectivity index (χ0v) is 17.4. The summed E-state index contributed by atoms with van der Waals surface area (Å²) in [4.78, 5) is 36.9. The number of hydrogen-bond donors (Lipinski definition) is 2. The molecule has 1 aliphatic rings. The summed E-state index contributed by atoms with van der Waals surface area (Å²) in [6.07, 6.45) is 1.52. The molecule has 0 saturated heterocycles. The van der Waals surface area contributed by atoms with Crippen LogP contribution in [0.15, 0.2) is 18.2 Å². The number of carbonyl (C=O) groups is 3. The average molecular weight is 417 g/mol. The summed E-state index contributed by atoms with van der Waals surface area (Å²) >= 11 is 1.37. The molecule has 29 heavy (non-hydrogen) atoms. The first kappa shape index (κ1) is 20.9. The number of methoxy groups -OCH3 is 2. The lowest BCUT2D eigenvalue weighted by Gasteiger charge is -2.18. The molecule has 0 radical (unpaired) electrons. The molecule has 2 aromatic rings. The van der Waals surface area contributed by atoms with Gasteiger partial charge >= 0.3 is 11.9 Å². The van der Waals surface area contributed by atoms with E-state index in [2.05, 4.69) is 5.32 Å². The summed E-state index contributed by atoms with van der Waals surface area (Å²) in [5.41, 5.74) is 3.15. The quantitative estimate of drug-likeness (QED) is 0.666. The van der Waals surface area contributed by atoms with Crippen LogP contribution in [0.5, 0.6) is 5.75 Å². The molecule has 1 aliphatic carbocycles. The molecule has 0 aliphatic heterocycles. The molecule has 2 N–H and O–H groups in total. The van der Waals surface area contributed by atoms with Crippen LogP contribution in [0.1, 0.15) is 40.6 Å². The highest BCUT2D eigenvalue weighted by Crippen LogP contribution is 2.46. The second-order valence-electron chi connectivity index (χ2n) is 7.07. The lowest BCUT2D eigenvalue weighted by atomic mass is 9.88. The summed E-state index contributed by atoms with van der Waals surface area (Å²) in [5.74, 6) is -1.34. The number of rotatable bonds is 7. The molecule has 154 valence electrons. The number of nitrogens with one attached hydrogen (secondary N) is 1. The fourth-order valence-corrected chi connectivity index (χ4v) is 4.80. The van der Waals surface area contributed by atoms with Crippen molar-refractivity contribution in [2.24, 2.45) is 5.92 Å². The Morgan fingerprint density at radius 2 is 1.97 bits per heavy atom.